The van der Waals surface area contributed by atoms with Gasteiger partial charge in [-0.25, -0.2) is 5.43 Å². The second-order valence-electron chi connectivity index (χ2n) is 8.99. The van der Waals surface area contributed by atoms with Crippen LogP contribution in [0.1, 0.15) is 16.1 Å². The maximum absolute atomic E-state index is 12.8. The van der Waals surface area contributed by atoms with Crippen molar-refractivity contribution in [1.82, 2.24) is 9.99 Å². The average molecular weight is 540 g/mol. The summed E-state index contributed by atoms with van der Waals surface area (Å²) in [4.78, 5) is 13.9. The first kappa shape index (κ1) is 25.2. The SMILES string of the molecule is O=C(N/N=C\c1ccc(Sc2ccccc2)o1)c1ccc(-n2c(-c3ccccc3)ccc2-c2ccccc2)cc1. The molecule has 2 heterocycles. The summed E-state index contributed by atoms with van der Waals surface area (Å²) >= 11 is 1.53. The van der Waals surface area contributed by atoms with Crippen molar-refractivity contribution in [3.8, 4) is 28.2 Å². The molecule has 6 rings (SSSR count). The molecule has 0 aliphatic heterocycles. The highest BCUT2D eigenvalue weighted by atomic mass is 32.2. The quantitative estimate of drug-likeness (QED) is 0.156. The van der Waals surface area contributed by atoms with Gasteiger partial charge in [-0.3, -0.25) is 4.79 Å². The van der Waals surface area contributed by atoms with Gasteiger partial charge in [-0.2, -0.15) is 5.10 Å². The topological polar surface area (TPSA) is 59.5 Å². The molecule has 6 aromatic rings. The smallest absolute Gasteiger partial charge is 0.271 e. The Kier molecular flexibility index (Phi) is 7.42. The average Bonchev–Trinajstić information content (AvgIpc) is 3.66. The lowest BCUT2D eigenvalue weighted by Crippen LogP contribution is -2.17. The van der Waals surface area contributed by atoms with Crippen LogP contribution in [0.2, 0.25) is 0 Å². The Hall–Kier alpha value is -5.07. The van der Waals surface area contributed by atoms with Crippen LogP contribution in [0.3, 0.4) is 0 Å². The molecule has 0 spiro atoms. The normalized spacial score (nSPS) is 11.1. The van der Waals surface area contributed by atoms with E-state index in [1.165, 1.54) is 18.0 Å². The fourth-order valence-electron chi connectivity index (χ4n) is 4.43. The molecule has 6 heteroatoms. The molecule has 0 bridgehead atoms. The van der Waals surface area contributed by atoms with Gasteiger partial charge in [0.05, 0.1) is 17.6 Å². The van der Waals surface area contributed by atoms with Crippen LogP contribution >= 0.6 is 11.8 Å². The summed E-state index contributed by atoms with van der Waals surface area (Å²) in [5, 5.41) is 4.84. The van der Waals surface area contributed by atoms with E-state index < -0.39 is 0 Å². The lowest BCUT2D eigenvalue weighted by molar-refractivity contribution is 0.0955. The van der Waals surface area contributed by atoms with E-state index in [-0.39, 0.29) is 5.91 Å². The van der Waals surface area contributed by atoms with E-state index in [4.69, 9.17) is 4.42 Å². The van der Waals surface area contributed by atoms with Gasteiger partial charge in [0.2, 0.25) is 0 Å². The van der Waals surface area contributed by atoms with Gasteiger partial charge in [-0.15, -0.1) is 0 Å². The van der Waals surface area contributed by atoms with Gasteiger partial charge in [-0.05, 0) is 71.8 Å². The van der Waals surface area contributed by atoms with Crippen molar-refractivity contribution < 1.29 is 9.21 Å². The second kappa shape index (κ2) is 11.8. The molecule has 40 heavy (non-hydrogen) atoms. The van der Waals surface area contributed by atoms with Gasteiger partial charge in [-0.1, -0.05) is 90.6 Å². The maximum atomic E-state index is 12.8. The summed E-state index contributed by atoms with van der Waals surface area (Å²) in [6, 6.07) is 46.1. The molecular formula is C34H25N3O2S. The third-order valence-corrected chi connectivity index (χ3v) is 7.26. The number of carbonyl (C=O) groups is 1. The molecule has 0 unspecified atom stereocenters. The number of aromatic nitrogens is 1. The van der Waals surface area contributed by atoms with Crippen molar-refractivity contribution >= 4 is 23.9 Å². The molecule has 0 saturated heterocycles. The van der Waals surface area contributed by atoms with Gasteiger partial charge < -0.3 is 8.98 Å². The molecule has 0 aliphatic rings. The first-order valence-corrected chi connectivity index (χ1v) is 13.7. The number of benzene rings is 4. The molecule has 0 saturated carbocycles. The number of hydrogen-bond acceptors (Lipinski definition) is 4. The summed E-state index contributed by atoms with van der Waals surface area (Å²) in [7, 11) is 0. The lowest BCUT2D eigenvalue weighted by atomic mass is 10.1. The maximum Gasteiger partial charge on any atom is 0.271 e. The Balaban J connectivity index is 1.18. The molecule has 0 radical (unpaired) electrons. The van der Waals surface area contributed by atoms with Crippen molar-refractivity contribution in [1.29, 1.82) is 0 Å². The highest BCUT2D eigenvalue weighted by Crippen LogP contribution is 2.32. The summed E-state index contributed by atoms with van der Waals surface area (Å²) in [6.07, 6.45) is 1.50. The first-order valence-electron chi connectivity index (χ1n) is 12.8. The molecule has 2 aromatic heterocycles. The molecule has 4 aromatic carbocycles. The number of furan rings is 1. The Morgan fingerprint density at radius 3 is 1.85 bits per heavy atom. The van der Waals surface area contributed by atoms with Crippen molar-refractivity contribution in [3.63, 3.8) is 0 Å². The summed E-state index contributed by atoms with van der Waals surface area (Å²) in [5.41, 5.74) is 8.44. The highest BCUT2D eigenvalue weighted by molar-refractivity contribution is 7.99. The van der Waals surface area contributed by atoms with E-state index >= 15 is 0 Å². The van der Waals surface area contributed by atoms with Crippen molar-refractivity contribution in [3.05, 3.63) is 151 Å². The van der Waals surface area contributed by atoms with E-state index in [1.807, 2.05) is 103 Å². The minimum atomic E-state index is -0.299. The van der Waals surface area contributed by atoms with Crippen molar-refractivity contribution in [2.24, 2.45) is 5.10 Å². The van der Waals surface area contributed by atoms with Crippen LogP contribution in [0.25, 0.3) is 28.2 Å². The Labute approximate surface area is 236 Å². The Bertz CT molecular complexity index is 1680. The van der Waals surface area contributed by atoms with Crippen LogP contribution in [-0.2, 0) is 0 Å². The van der Waals surface area contributed by atoms with E-state index in [2.05, 4.69) is 51.5 Å². The third-order valence-electron chi connectivity index (χ3n) is 6.33. The van der Waals surface area contributed by atoms with Crippen molar-refractivity contribution in [2.75, 3.05) is 0 Å². The fourth-order valence-corrected chi connectivity index (χ4v) is 5.23. The molecule has 0 aliphatic carbocycles. The number of rotatable bonds is 8. The van der Waals surface area contributed by atoms with Gasteiger partial charge in [0.1, 0.15) is 5.76 Å². The number of carbonyl (C=O) groups excluding carboxylic acids is 1. The number of amides is 1. The van der Waals surface area contributed by atoms with Crippen LogP contribution in [0, 0.1) is 0 Å². The zero-order chi connectivity index (χ0) is 27.1. The molecule has 1 amide bonds. The van der Waals surface area contributed by atoms with E-state index in [0.717, 1.165) is 38.2 Å². The largest absolute Gasteiger partial charge is 0.448 e. The molecule has 0 atom stereocenters. The first-order chi connectivity index (χ1) is 19.7. The summed E-state index contributed by atoms with van der Waals surface area (Å²) in [5.74, 6) is 0.260. The van der Waals surface area contributed by atoms with Crippen LogP contribution in [-0.4, -0.2) is 16.7 Å². The predicted molar refractivity (Wildman–Crippen MR) is 161 cm³/mol. The van der Waals surface area contributed by atoms with Gasteiger partial charge in [0.25, 0.3) is 5.91 Å². The molecule has 5 nitrogen and oxygen atoms in total. The minimum Gasteiger partial charge on any atom is -0.448 e. The summed E-state index contributed by atoms with van der Waals surface area (Å²) in [6.45, 7) is 0. The number of hydrazone groups is 1. The fraction of sp³-hybridized carbons (Fsp3) is 0. The molecule has 1 N–H and O–H groups in total. The zero-order valence-corrected chi connectivity index (χ0v) is 22.3. The van der Waals surface area contributed by atoms with Gasteiger partial charge >= 0.3 is 0 Å². The minimum absolute atomic E-state index is 0.299. The van der Waals surface area contributed by atoms with Crippen molar-refractivity contribution in [2.45, 2.75) is 9.99 Å². The monoisotopic (exact) mass is 539 g/mol. The number of hydrogen-bond donors (Lipinski definition) is 1. The summed E-state index contributed by atoms with van der Waals surface area (Å²) < 4.78 is 8.00. The number of nitrogens with zero attached hydrogens (tertiary/aromatic N) is 2. The molecule has 0 fully saturated rings. The molecule has 194 valence electrons. The zero-order valence-electron chi connectivity index (χ0n) is 21.5. The Morgan fingerprint density at radius 2 is 1.25 bits per heavy atom. The van der Waals surface area contributed by atoms with Crippen LogP contribution in [0.5, 0.6) is 0 Å². The predicted octanol–water partition coefficient (Wildman–Crippen LogP) is 8.32. The van der Waals surface area contributed by atoms with Crippen LogP contribution in [0.4, 0.5) is 0 Å². The van der Waals surface area contributed by atoms with E-state index in [1.54, 1.807) is 0 Å². The van der Waals surface area contributed by atoms with Gasteiger partial charge in [0, 0.05) is 16.1 Å². The van der Waals surface area contributed by atoms with Crippen LogP contribution in [0.15, 0.2) is 159 Å². The van der Waals surface area contributed by atoms with E-state index in [0.29, 0.717) is 11.3 Å². The molecular weight excluding hydrogens is 514 g/mol. The Morgan fingerprint density at radius 1 is 0.675 bits per heavy atom. The third kappa shape index (κ3) is 5.67. The second-order valence-corrected chi connectivity index (χ2v) is 10.1. The van der Waals surface area contributed by atoms with Crippen LogP contribution < -0.4 is 5.43 Å². The van der Waals surface area contributed by atoms with Gasteiger partial charge in [0.15, 0.2) is 5.09 Å². The standard InChI is InChI=1S/C34H25N3O2S/c38-34(36-35-24-29-20-23-33(39-29)40-30-14-8-3-9-15-30)27-16-18-28(19-17-27)37-31(25-10-4-1-5-11-25)21-22-32(37)26-12-6-2-7-13-26/h1-24H,(H,36,38)/b35-24-. The van der Waals surface area contributed by atoms with E-state index in [9.17, 15) is 4.79 Å². The number of nitrogens with one attached hydrogen (secondary N) is 1. The highest BCUT2D eigenvalue weighted by Gasteiger charge is 2.14. The lowest BCUT2D eigenvalue weighted by Gasteiger charge is -2.15.